The highest BCUT2D eigenvalue weighted by atomic mass is 16.6. The van der Waals surface area contributed by atoms with E-state index in [0.717, 1.165) is 12.8 Å². The number of carbonyl (C=O) groups excluding carboxylic acids is 1. The summed E-state index contributed by atoms with van der Waals surface area (Å²) < 4.78 is 5.70. The molecule has 5 nitrogen and oxygen atoms in total. The summed E-state index contributed by atoms with van der Waals surface area (Å²) in [6.07, 6.45) is 20.3. The topological polar surface area (TPSA) is 69.4 Å². The lowest BCUT2D eigenvalue weighted by atomic mass is 10.0. The molecule has 0 saturated carbocycles. The van der Waals surface area contributed by atoms with Crippen molar-refractivity contribution in [3.05, 3.63) is 64.2 Å². The van der Waals surface area contributed by atoms with Crippen LogP contribution in [-0.4, -0.2) is 10.7 Å². The molecule has 0 aliphatic carbocycles. The largest absolute Gasteiger partial charge is 0.457 e. The van der Waals surface area contributed by atoms with E-state index in [4.69, 9.17) is 4.74 Å². The van der Waals surface area contributed by atoms with Gasteiger partial charge in [-0.3, -0.25) is 14.9 Å². The second kappa shape index (κ2) is 17.7. The molecule has 0 atom stereocenters. The summed E-state index contributed by atoms with van der Waals surface area (Å²) >= 11 is 0. The van der Waals surface area contributed by atoms with Gasteiger partial charge >= 0.3 is 0 Å². The van der Waals surface area contributed by atoms with Gasteiger partial charge in [0.2, 0.25) is 0 Å². The van der Waals surface area contributed by atoms with E-state index in [1.165, 1.54) is 95.6 Å². The van der Waals surface area contributed by atoms with E-state index in [0.29, 0.717) is 23.5 Å². The summed E-state index contributed by atoms with van der Waals surface area (Å²) in [7, 11) is 0. The number of nitro benzene ring substituents is 1. The molecule has 0 heterocycles. The number of non-ortho nitro benzene ring substituents is 1. The first-order chi connectivity index (χ1) is 17.1. The number of ether oxygens (including phenoxy) is 1. The molecule has 0 aromatic heterocycles. The maximum atomic E-state index is 12.4. The molecule has 0 unspecified atom stereocenters. The molecule has 5 heteroatoms. The van der Waals surface area contributed by atoms with Gasteiger partial charge < -0.3 is 4.74 Å². The molecule has 35 heavy (non-hydrogen) atoms. The molecule has 192 valence electrons. The Bertz CT molecular complexity index is 846. The van der Waals surface area contributed by atoms with Crippen LogP contribution in [0, 0.1) is 10.1 Å². The van der Waals surface area contributed by atoms with E-state index in [2.05, 4.69) is 6.92 Å². The third-order valence-electron chi connectivity index (χ3n) is 6.47. The van der Waals surface area contributed by atoms with Gasteiger partial charge in [0.25, 0.3) is 5.69 Å². The van der Waals surface area contributed by atoms with Crippen molar-refractivity contribution in [2.45, 2.75) is 110 Å². The Morgan fingerprint density at radius 3 is 1.49 bits per heavy atom. The smallest absolute Gasteiger partial charge is 0.269 e. The predicted molar refractivity (Wildman–Crippen MR) is 143 cm³/mol. The molecule has 0 bridgehead atoms. The third kappa shape index (κ3) is 12.5. The molecule has 2 rings (SSSR count). The zero-order chi connectivity index (χ0) is 25.1. The second-order valence-corrected chi connectivity index (χ2v) is 9.50. The van der Waals surface area contributed by atoms with Crippen LogP contribution in [0.3, 0.4) is 0 Å². The zero-order valence-electron chi connectivity index (χ0n) is 21.5. The lowest BCUT2D eigenvalue weighted by Crippen LogP contribution is -1.99. The number of rotatable bonds is 20. The highest BCUT2D eigenvalue weighted by Gasteiger charge is 2.08. The number of carbonyl (C=O) groups is 1. The van der Waals surface area contributed by atoms with Gasteiger partial charge in [-0.2, -0.15) is 0 Å². The first-order valence-electron chi connectivity index (χ1n) is 13.7. The summed E-state index contributed by atoms with van der Waals surface area (Å²) in [6, 6.07) is 13.0. The predicted octanol–water partition coefficient (Wildman–Crippen LogP) is 9.83. The van der Waals surface area contributed by atoms with Crippen molar-refractivity contribution in [1.29, 1.82) is 0 Å². The Kier molecular flexibility index (Phi) is 14.4. The summed E-state index contributed by atoms with van der Waals surface area (Å²) in [6.45, 7) is 2.27. The Morgan fingerprint density at radius 2 is 1.06 bits per heavy atom. The van der Waals surface area contributed by atoms with Gasteiger partial charge in [0, 0.05) is 24.1 Å². The van der Waals surface area contributed by atoms with Crippen LogP contribution in [-0.2, 0) is 0 Å². The van der Waals surface area contributed by atoms with Crippen molar-refractivity contribution in [1.82, 2.24) is 0 Å². The molecule has 0 amide bonds. The molecule has 0 aliphatic rings. The molecule has 2 aromatic rings. The van der Waals surface area contributed by atoms with Crippen LogP contribution in [0.4, 0.5) is 5.69 Å². The van der Waals surface area contributed by atoms with Gasteiger partial charge in [0.15, 0.2) is 5.78 Å². The zero-order valence-corrected chi connectivity index (χ0v) is 21.5. The molecule has 0 radical (unpaired) electrons. The van der Waals surface area contributed by atoms with Gasteiger partial charge in [0.05, 0.1) is 4.92 Å². The maximum absolute atomic E-state index is 12.4. The van der Waals surface area contributed by atoms with Crippen LogP contribution < -0.4 is 4.74 Å². The van der Waals surface area contributed by atoms with Gasteiger partial charge in [-0.1, -0.05) is 96.8 Å². The number of Topliss-reactive ketones (excluding diaryl/α,β-unsaturated/α-hetero) is 1. The summed E-state index contributed by atoms with van der Waals surface area (Å²) in [5, 5.41) is 10.7. The third-order valence-corrected chi connectivity index (χ3v) is 6.47. The van der Waals surface area contributed by atoms with Crippen molar-refractivity contribution in [3.63, 3.8) is 0 Å². The molecule has 0 spiro atoms. The van der Waals surface area contributed by atoms with E-state index in [-0.39, 0.29) is 11.5 Å². The molecule has 0 fully saturated rings. The Balaban J connectivity index is 1.49. The summed E-state index contributed by atoms with van der Waals surface area (Å²) in [5.74, 6) is 1.29. The average molecular weight is 482 g/mol. The van der Waals surface area contributed by atoms with Crippen molar-refractivity contribution in [2.24, 2.45) is 0 Å². The first kappa shape index (κ1) is 28.5. The van der Waals surface area contributed by atoms with Gasteiger partial charge in [0.1, 0.15) is 11.5 Å². The molecule has 0 N–H and O–H groups in total. The van der Waals surface area contributed by atoms with Crippen molar-refractivity contribution >= 4 is 11.5 Å². The minimum atomic E-state index is -0.442. The Hall–Kier alpha value is -2.69. The monoisotopic (exact) mass is 481 g/mol. The minimum Gasteiger partial charge on any atom is -0.457 e. The number of hydrogen-bond donors (Lipinski definition) is 0. The molecular formula is C30H43NO4. The fraction of sp³-hybridized carbons (Fsp3) is 0.567. The molecule has 0 saturated heterocycles. The van der Waals surface area contributed by atoms with Crippen LogP contribution in [0.1, 0.15) is 120 Å². The highest BCUT2D eigenvalue weighted by Crippen LogP contribution is 2.24. The Morgan fingerprint density at radius 1 is 0.657 bits per heavy atom. The average Bonchev–Trinajstić information content (AvgIpc) is 2.87. The van der Waals surface area contributed by atoms with Gasteiger partial charge in [-0.15, -0.1) is 0 Å². The minimum absolute atomic E-state index is 0.0251. The highest BCUT2D eigenvalue weighted by molar-refractivity contribution is 5.96. The molecule has 0 aliphatic heterocycles. The quantitative estimate of drug-likeness (QED) is 0.0816. The standard InChI is InChI=1S/C30H43NO4/c1-2-3-4-5-6-7-8-9-10-11-12-13-14-15-16-17-30(32)26-18-22-28(23-19-26)35-29-24-20-27(21-25-29)31(33)34/h18-25H,2-17H2,1H3. The van der Waals surface area contributed by atoms with E-state index >= 15 is 0 Å². The Labute approximate surface area is 211 Å². The SMILES string of the molecule is CCCCCCCCCCCCCCCCCC(=O)c1ccc(Oc2ccc([N+](=O)[O-])cc2)cc1. The van der Waals surface area contributed by atoms with Crippen LogP contribution in [0.25, 0.3) is 0 Å². The summed E-state index contributed by atoms with van der Waals surface area (Å²) in [4.78, 5) is 22.7. The normalized spacial score (nSPS) is 10.9. The van der Waals surface area contributed by atoms with Crippen LogP contribution in [0.15, 0.2) is 48.5 Å². The van der Waals surface area contributed by atoms with Gasteiger partial charge in [-0.05, 0) is 42.8 Å². The van der Waals surface area contributed by atoms with Gasteiger partial charge in [-0.25, -0.2) is 0 Å². The van der Waals surface area contributed by atoms with E-state index in [9.17, 15) is 14.9 Å². The van der Waals surface area contributed by atoms with E-state index in [1.54, 1.807) is 36.4 Å². The number of nitrogens with zero attached hydrogens (tertiary/aromatic N) is 1. The first-order valence-corrected chi connectivity index (χ1v) is 13.7. The fourth-order valence-electron chi connectivity index (χ4n) is 4.28. The maximum Gasteiger partial charge on any atom is 0.269 e. The van der Waals surface area contributed by atoms with Crippen molar-refractivity contribution in [2.75, 3.05) is 0 Å². The molecular weight excluding hydrogens is 438 g/mol. The lowest BCUT2D eigenvalue weighted by Gasteiger charge is -2.07. The number of hydrogen-bond acceptors (Lipinski definition) is 4. The number of nitro groups is 1. The lowest BCUT2D eigenvalue weighted by molar-refractivity contribution is -0.384. The van der Waals surface area contributed by atoms with Crippen LogP contribution in [0.2, 0.25) is 0 Å². The second-order valence-electron chi connectivity index (χ2n) is 9.50. The van der Waals surface area contributed by atoms with Crippen molar-refractivity contribution < 1.29 is 14.5 Å². The molecule has 2 aromatic carbocycles. The number of benzene rings is 2. The van der Waals surface area contributed by atoms with E-state index in [1.807, 2.05) is 0 Å². The van der Waals surface area contributed by atoms with Crippen LogP contribution in [0.5, 0.6) is 11.5 Å². The van der Waals surface area contributed by atoms with Crippen molar-refractivity contribution in [3.8, 4) is 11.5 Å². The summed E-state index contributed by atoms with van der Waals surface area (Å²) in [5.41, 5.74) is 0.725. The number of unbranched alkanes of at least 4 members (excludes halogenated alkanes) is 14. The van der Waals surface area contributed by atoms with Crippen LogP contribution >= 0.6 is 0 Å². The number of ketones is 1. The van der Waals surface area contributed by atoms with E-state index < -0.39 is 4.92 Å². The fourth-order valence-corrected chi connectivity index (χ4v) is 4.28.